The minimum absolute atomic E-state index is 0.00952. The van der Waals surface area contributed by atoms with Gasteiger partial charge in [-0.05, 0) is 19.1 Å². The van der Waals surface area contributed by atoms with E-state index in [1.165, 1.54) is 12.1 Å². The van der Waals surface area contributed by atoms with Gasteiger partial charge in [0, 0.05) is 0 Å². The molecular weight excluding hydrogens is 262 g/mol. The Kier molecular flexibility index (Phi) is 4.79. The molecule has 0 bridgehead atoms. The first kappa shape index (κ1) is 14.1. The average molecular weight is 272 g/mol. The molecule has 1 rings (SSSR count). The van der Waals surface area contributed by atoms with E-state index in [4.69, 9.17) is 16.3 Å². The van der Waals surface area contributed by atoms with E-state index < -0.39 is 16.6 Å². The van der Waals surface area contributed by atoms with Gasteiger partial charge in [0.2, 0.25) is 0 Å². The molecule has 0 aromatic heterocycles. The topological polar surface area (TPSA) is 86.5 Å². The third-order valence-corrected chi connectivity index (χ3v) is 2.55. The number of hydrogen-bond donors (Lipinski definition) is 0. The van der Waals surface area contributed by atoms with Gasteiger partial charge in [-0.15, -0.1) is 0 Å². The Morgan fingerprint density at radius 2 is 2.22 bits per heavy atom. The summed E-state index contributed by atoms with van der Waals surface area (Å²) < 4.78 is 4.70. The van der Waals surface area contributed by atoms with Crippen LogP contribution in [-0.2, 0) is 16.0 Å². The van der Waals surface area contributed by atoms with Crippen LogP contribution in [0.2, 0.25) is 5.02 Å². The van der Waals surface area contributed by atoms with Crippen LogP contribution in [-0.4, -0.2) is 23.8 Å². The van der Waals surface area contributed by atoms with E-state index in [0.29, 0.717) is 6.29 Å². The molecule has 0 atom stereocenters. The monoisotopic (exact) mass is 271 g/mol. The molecule has 0 aliphatic carbocycles. The zero-order valence-corrected chi connectivity index (χ0v) is 10.3. The molecule has 96 valence electrons. The highest BCUT2D eigenvalue weighted by molar-refractivity contribution is 6.32. The Labute approximate surface area is 108 Å². The van der Waals surface area contributed by atoms with Crippen molar-refractivity contribution < 1.29 is 19.2 Å². The van der Waals surface area contributed by atoms with Crippen molar-refractivity contribution >= 4 is 29.5 Å². The highest BCUT2D eigenvalue weighted by Crippen LogP contribution is 2.30. The second kappa shape index (κ2) is 6.11. The Balaban J connectivity index is 3.27. The Morgan fingerprint density at radius 3 is 2.72 bits per heavy atom. The van der Waals surface area contributed by atoms with Crippen LogP contribution in [0.3, 0.4) is 0 Å². The summed E-state index contributed by atoms with van der Waals surface area (Å²) in [5, 5.41) is 11.0. The Hall–Kier alpha value is -1.95. The van der Waals surface area contributed by atoms with Crippen LogP contribution in [0.4, 0.5) is 5.69 Å². The summed E-state index contributed by atoms with van der Waals surface area (Å²) in [5.41, 5.74) is -0.584. The molecule has 7 heteroatoms. The van der Waals surface area contributed by atoms with Crippen molar-refractivity contribution in [1.29, 1.82) is 0 Å². The normalized spacial score (nSPS) is 9.89. The van der Waals surface area contributed by atoms with E-state index in [-0.39, 0.29) is 29.2 Å². The summed E-state index contributed by atoms with van der Waals surface area (Å²) >= 11 is 5.82. The van der Waals surface area contributed by atoms with Crippen LogP contribution < -0.4 is 0 Å². The van der Waals surface area contributed by atoms with Gasteiger partial charge in [0.05, 0.1) is 34.1 Å². The van der Waals surface area contributed by atoms with Crippen molar-refractivity contribution in [2.24, 2.45) is 0 Å². The number of esters is 1. The fraction of sp³-hybridized carbons (Fsp3) is 0.273. The van der Waals surface area contributed by atoms with E-state index in [0.717, 1.165) is 0 Å². The Bertz CT molecular complexity index is 500. The van der Waals surface area contributed by atoms with Gasteiger partial charge in [0.25, 0.3) is 5.69 Å². The molecule has 0 amide bonds. The number of nitrogens with zero attached hydrogens (tertiary/aromatic N) is 1. The molecule has 18 heavy (non-hydrogen) atoms. The van der Waals surface area contributed by atoms with Gasteiger partial charge in [-0.3, -0.25) is 19.7 Å². The van der Waals surface area contributed by atoms with Gasteiger partial charge in [-0.1, -0.05) is 11.6 Å². The minimum Gasteiger partial charge on any atom is -0.466 e. The van der Waals surface area contributed by atoms with E-state index in [1.54, 1.807) is 6.92 Å². The fourth-order valence-corrected chi connectivity index (χ4v) is 1.68. The summed E-state index contributed by atoms with van der Waals surface area (Å²) in [6.07, 6.45) is 0.00772. The molecule has 0 saturated heterocycles. The number of hydrogen-bond acceptors (Lipinski definition) is 5. The molecule has 6 nitrogen and oxygen atoms in total. The molecule has 1 aromatic carbocycles. The minimum atomic E-state index is -0.732. The molecule has 1 aromatic rings. The largest absolute Gasteiger partial charge is 0.466 e. The predicted octanol–water partition coefficient (Wildman–Crippen LogP) is 2.17. The summed E-state index contributed by atoms with van der Waals surface area (Å²) in [5.74, 6) is -0.634. The van der Waals surface area contributed by atoms with Gasteiger partial charge in [0.15, 0.2) is 6.29 Å². The molecule has 0 N–H and O–H groups in total. The number of nitro benzene ring substituents is 1. The highest BCUT2D eigenvalue weighted by Gasteiger charge is 2.24. The highest BCUT2D eigenvalue weighted by atomic mass is 35.5. The summed E-state index contributed by atoms with van der Waals surface area (Å²) in [7, 11) is 0. The average Bonchev–Trinajstić information content (AvgIpc) is 2.31. The lowest BCUT2D eigenvalue weighted by atomic mass is 10.1. The molecule has 0 aliphatic rings. The lowest BCUT2D eigenvalue weighted by molar-refractivity contribution is -0.385. The van der Waals surface area contributed by atoms with Crippen molar-refractivity contribution in [3.63, 3.8) is 0 Å². The summed E-state index contributed by atoms with van der Waals surface area (Å²) in [6, 6.07) is 2.58. The van der Waals surface area contributed by atoms with Gasteiger partial charge < -0.3 is 4.74 Å². The zero-order valence-electron chi connectivity index (χ0n) is 9.51. The van der Waals surface area contributed by atoms with Crippen LogP contribution >= 0.6 is 11.6 Å². The van der Waals surface area contributed by atoms with Crippen LogP contribution in [0.1, 0.15) is 22.8 Å². The van der Waals surface area contributed by atoms with Gasteiger partial charge in [0.1, 0.15) is 0 Å². The molecule has 0 spiro atoms. The maximum atomic E-state index is 11.3. The quantitative estimate of drug-likeness (QED) is 0.354. The van der Waals surface area contributed by atoms with Crippen LogP contribution in [0, 0.1) is 10.1 Å². The number of carbonyl (C=O) groups excluding carboxylic acids is 2. The van der Waals surface area contributed by atoms with Gasteiger partial charge in [-0.2, -0.15) is 0 Å². The van der Waals surface area contributed by atoms with Crippen LogP contribution in [0.15, 0.2) is 12.1 Å². The van der Waals surface area contributed by atoms with Crippen molar-refractivity contribution in [2.45, 2.75) is 13.3 Å². The van der Waals surface area contributed by atoms with Crippen molar-refractivity contribution in [3.8, 4) is 0 Å². The number of aldehydes is 1. The van der Waals surface area contributed by atoms with E-state index in [1.807, 2.05) is 0 Å². The third kappa shape index (κ3) is 3.04. The number of rotatable bonds is 5. The standard InChI is InChI=1S/C11H10ClNO5/c1-2-18-10(15)5-8-9(12)4-3-7(6-14)11(8)13(16)17/h3-4,6H,2,5H2,1H3. The van der Waals surface area contributed by atoms with Crippen molar-refractivity contribution in [2.75, 3.05) is 6.61 Å². The summed E-state index contributed by atoms with van der Waals surface area (Å²) in [6.45, 7) is 1.79. The van der Waals surface area contributed by atoms with Gasteiger partial charge in [-0.25, -0.2) is 0 Å². The zero-order chi connectivity index (χ0) is 13.7. The number of benzene rings is 1. The molecule has 0 fully saturated rings. The smallest absolute Gasteiger partial charge is 0.310 e. The van der Waals surface area contributed by atoms with Gasteiger partial charge >= 0.3 is 5.97 Å². The lowest BCUT2D eigenvalue weighted by Crippen LogP contribution is -2.10. The number of carbonyl (C=O) groups is 2. The number of ether oxygens (including phenoxy) is 1. The van der Waals surface area contributed by atoms with E-state index in [2.05, 4.69) is 0 Å². The lowest BCUT2D eigenvalue weighted by Gasteiger charge is -2.06. The SMILES string of the molecule is CCOC(=O)Cc1c(Cl)ccc(C=O)c1[N+](=O)[O-]. The van der Waals surface area contributed by atoms with E-state index in [9.17, 15) is 19.7 Å². The van der Waals surface area contributed by atoms with E-state index >= 15 is 0 Å². The van der Waals surface area contributed by atoms with Crippen LogP contribution in [0.25, 0.3) is 0 Å². The maximum absolute atomic E-state index is 11.3. The van der Waals surface area contributed by atoms with Crippen LogP contribution in [0.5, 0.6) is 0 Å². The molecule has 0 saturated carbocycles. The molecular formula is C11H10ClNO5. The second-order valence-corrected chi connectivity index (χ2v) is 3.73. The number of nitro groups is 1. The van der Waals surface area contributed by atoms with Crippen molar-refractivity contribution in [1.82, 2.24) is 0 Å². The first-order chi connectivity index (χ1) is 8.51. The first-order valence-electron chi connectivity index (χ1n) is 5.07. The predicted molar refractivity (Wildman–Crippen MR) is 63.8 cm³/mol. The molecule has 0 heterocycles. The molecule has 0 unspecified atom stereocenters. The Morgan fingerprint density at radius 1 is 1.56 bits per heavy atom. The first-order valence-corrected chi connectivity index (χ1v) is 5.45. The third-order valence-electron chi connectivity index (χ3n) is 2.19. The number of halogens is 1. The molecule has 0 aliphatic heterocycles. The summed E-state index contributed by atoms with van der Waals surface area (Å²) in [4.78, 5) is 32.3. The fourth-order valence-electron chi connectivity index (χ4n) is 1.47. The maximum Gasteiger partial charge on any atom is 0.310 e. The second-order valence-electron chi connectivity index (χ2n) is 3.32. The molecule has 0 radical (unpaired) electrons. The van der Waals surface area contributed by atoms with Crippen molar-refractivity contribution in [3.05, 3.63) is 38.4 Å².